The first kappa shape index (κ1) is 26.0. The lowest BCUT2D eigenvalue weighted by molar-refractivity contribution is -0.146. The van der Waals surface area contributed by atoms with Gasteiger partial charge in [0.05, 0.1) is 12.7 Å². The van der Waals surface area contributed by atoms with Crippen LogP contribution in [-0.2, 0) is 14.3 Å². The molecule has 0 aromatic heterocycles. The molecule has 7 nitrogen and oxygen atoms in total. The molecular weight excluding hydrogens is 562 g/mol. The molecule has 0 unspecified atom stereocenters. The van der Waals surface area contributed by atoms with Gasteiger partial charge in [-0.2, -0.15) is 0 Å². The van der Waals surface area contributed by atoms with Crippen LogP contribution >= 0.6 is 15.9 Å². The second kappa shape index (κ2) is 10.7. The average Bonchev–Trinajstić information content (AvgIpc) is 3.39. The summed E-state index contributed by atoms with van der Waals surface area (Å²) in [5, 5.41) is 3.45. The summed E-state index contributed by atoms with van der Waals surface area (Å²) in [6, 6.07) is 11.6. The van der Waals surface area contributed by atoms with Crippen molar-refractivity contribution in [2.24, 2.45) is 0 Å². The number of allylic oxidation sites excluding steroid dienone is 3. The Morgan fingerprint density at radius 2 is 1.74 bits per heavy atom. The van der Waals surface area contributed by atoms with Crippen LogP contribution in [0.25, 0.3) is 0 Å². The van der Waals surface area contributed by atoms with Crippen LogP contribution in [0.1, 0.15) is 74.8 Å². The van der Waals surface area contributed by atoms with Crippen LogP contribution in [-0.4, -0.2) is 31.8 Å². The maximum Gasteiger partial charge on any atom is 0.337 e. The molecule has 0 bridgehead atoms. The fourth-order valence-electron chi connectivity index (χ4n) is 6.28. The molecule has 1 saturated carbocycles. The fourth-order valence-corrected chi connectivity index (χ4v) is 6.84. The number of nitrogens with one attached hydrogen (secondary N) is 1. The number of Topliss-reactive ketones (excluding diaryl/α,β-unsaturated/α-hetero) is 1. The molecule has 0 radical (unpaired) electrons. The van der Waals surface area contributed by atoms with E-state index in [1.165, 1.54) is 6.42 Å². The van der Waals surface area contributed by atoms with Crippen LogP contribution in [0.3, 0.4) is 0 Å². The molecule has 8 heteroatoms. The number of halogens is 1. The number of dihydropyridines is 1. The second-order valence-electron chi connectivity index (χ2n) is 10.7. The lowest BCUT2D eigenvalue weighted by Gasteiger charge is -2.37. The monoisotopic (exact) mass is 593 g/mol. The third-order valence-electron chi connectivity index (χ3n) is 8.26. The first-order valence-corrected chi connectivity index (χ1v) is 14.4. The molecular formula is C31H32BrNO6. The molecule has 0 spiro atoms. The summed E-state index contributed by atoms with van der Waals surface area (Å²) in [4.78, 5) is 27.8. The lowest BCUT2D eigenvalue weighted by Crippen LogP contribution is -2.37. The van der Waals surface area contributed by atoms with Crippen molar-refractivity contribution in [2.45, 2.75) is 69.8 Å². The number of methoxy groups -OCH3 is 1. The largest absolute Gasteiger partial charge is 0.497 e. The minimum absolute atomic E-state index is 0.0228. The van der Waals surface area contributed by atoms with Gasteiger partial charge < -0.3 is 24.3 Å². The van der Waals surface area contributed by atoms with E-state index < -0.39 is 5.92 Å². The normalized spacial score (nSPS) is 22.9. The molecule has 2 aliphatic carbocycles. The van der Waals surface area contributed by atoms with E-state index >= 15 is 0 Å². The summed E-state index contributed by atoms with van der Waals surface area (Å²) in [5.74, 6) is 1.13. The van der Waals surface area contributed by atoms with E-state index in [0.717, 1.165) is 52.7 Å². The van der Waals surface area contributed by atoms with Gasteiger partial charge in [-0.1, -0.05) is 34.5 Å². The third-order valence-corrected chi connectivity index (χ3v) is 8.95. The average molecular weight is 595 g/mol. The Morgan fingerprint density at radius 1 is 1.03 bits per heavy atom. The third kappa shape index (κ3) is 4.95. The first-order valence-electron chi connectivity index (χ1n) is 13.6. The van der Waals surface area contributed by atoms with Gasteiger partial charge in [0.2, 0.25) is 6.79 Å². The number of benzene rings is 2. The molecule has 6 rings (SSSR count). The standard InChI is InChI=1S/C31H32BrNO6/c1-17-28(31(35)39-21-6-4-3-5-7-21)29(22-14-26-27(15-23(22)32)38-16-37-26)30-24(33-17)12-19(13-25(30)34)18-8-10-20(36-2)11-9-18/h8-11,14-15,19,21,29,33H,3-7,12-13,16H2,1-2H3/t19-,29+/m0/s1. The van der Waals surface area contributed by atoms with Crippen LogP contribution in [0.15, 0.2) is 63.4 Å². The van der Waals surface area contributed by atoms with Crippen molar-refractivity contribution in [3.63, 3.8) is 0 Å². The molecule has 0 saturated heterocycles. The van der Waals surface area contributed by atoms with Gasteiger partial charge in [-0.05, 0) is 80.3 Å². The van der Waals surface area contributed by atoms with Gasteiger partial charge in [0, 0.05) is 33.8 Å². The Labute approximate surface area is 236 Å². The van der Waals surface area contributed by atoms with Crippen LogP contribution in [0.4, 0.5) is 0 Å². The van der Waals surface area contributed by atoms with Crippen molar-refractivity contribution in [1.29, 1.82) is 0 Å². The number of esters is 1. The molecule has 204 valence electrons. The summed E-state index contributed by atoms with van der Waals surface area (Å²) in [6.07, 6.45) is 5.97. The molecule has 2 aliphatic heterocycles. The van der Waals surface area contributed by atoms with Gasteiger partial charge in [0.1, 0.15) is 11.9 Å². The molecule has 4 aliphatic rings. The van der Waals surface area contributed by atoms with E-state index in [1.54, 1.807) is 7.11 Å². The van der Waals surface area contributed by atoms with E-state index in [1.807, 2.05) is 43.3 Å². The van der Waals surface area contributed by atoms with Crippen molar-refractivity contribution in [3.05, 3.63) is 74.5 Å². The number of hydrogen-bond acceptors (Lipinski definition) is 7. The van der Waals surface area contributed by atoms with Crippen molar-refractivity contribution in [2.75, 3.05) is 13.9 Å². The van der Waals surface area contributed by atoms with Gasteiger partial charge in [0.25, 0.3) is 0 Å². The lowest BCUT2D eigenvalue weighted by atomic mass is 9.71. The zero-order valence-corrected chi connectivity index (χ0v) is 23.8. The van der Waals surface area contributed by atoms with Crippen LogP contribution in [0.5, 0.6) is 17.2 Å². The van der Waals surface area contributed by atoms with E-state index in [0.29, 0.717) is 41.2 Å². The summed E-state index contributed by atoms with van der Waals surface area (Å²) >= 11 is 3.70. The van der Waals surface area contributed by atoms with Gasteiger partial charge in [0.15, 0.2) is 17.3 Å². The number of ether oxygens (including phenoxy) is 4. The zero-order chi connectivity index (χ0) is 27.1. The molecule has 2 heterocycles. The number of rotatable bonds is 5. The van der Waals surface area contributed by atoms with Crippen molar-refractivity contribution in [3.8, 4) is 17.2 Å². The highest BCUT2D eigenvalue weighted by atomic mass is 79.9. The predicted molar refractivity (Wildman–Crippen MR) is 149 cm³/mol. The molecule has 0 amide bonds. The molecule has 1 N–H and O–H groups in total. The highest BCUT2D eigenvalue weighted by molar-refractivity contribution is 9.10. The van der Waals surface area contributed by atoms with Gasteiger partial charge >= 0.3 is 5.97 Å². The van der Waals surface area contributed by atoms with Gasteiger partial charge in [-0.15, -0.1) is 0 Å². The fraction of sp³-hybridized carbons (Fsp3) is 0.419. The Balaban J connectivity index is 1.40. The minimum Gasteiger partial charge on any atom is -0.497 e. The Bertz CT molecular complexity index is 1370. The number of carbonyl (C=O) groups is 2. The molecule has 2 aromatic carbocycles. The quantitative estimate of drug-likeness (QED) is 0.400. The number of ketones is 1. The predicted octanol–water partition coefficient (Wildman–Crippen LogP) is 6.42. The van der Waals surface area contributed by atoms with Crippen LogP contribution in [0.2, 0.25) is 0 Å². The summed E-state index contributed by atoms with van der Waals surface area (Å²) in [6.45, 7) is 2.04. The van der Waals surface area contributed by atoms with E-state index in [4.69, 9.17) is 18.9 Å². The highest BCUT2D eigenvalue weighted by Crippen LogP contribution is 2.50. The maximum atomic E-state index is 14.0. The first-order chi connectivity index (χ1) is 18.9. The Hall–Kier alpha value is -3.26. The Kier molecular flexibility index (Phi) is 7.14. The number of hydrogen-bond donors (Lipinski definition) is 1. The van der Waals surface area contributed by atoms with E-state index in [9.17, 15) is 9.59 Å². The zero-order valence-electron chi connectivity index (χ0n) is 22.2. The summed E-state index contributed by atoms with van der Waals surface area (Å²) < 4.78 is 23.4. The van der Waals surface area contributed by atoms with Gasteiger partial charge in [-0.3, -0.25) is 4.79 Å². The minimum atomic E-state index is -0.578. The molecule has 2 aromatic rings. The van der Waals surface area contributed by atoms with Crippen molar-refractivity contribution in [1.82, 2.24) is 5.32 Å². The van der Waals surface area contributed by atoms with Crippen LogP contribution in [0, 0.1) is 0 Å². The highest BCUT2D eigenvalue weighted by Gasteiger charge is 2.43. The van der Waals surface area contributed by atoms with Crippen molar-refractivity contribution >= 4 is 27.7 Å². The second-order valence-corrected chi connectivity index (χ2v) is 11.5. The SMILES string of the molecule is COc1ccc([C@@H]2CC(=O)C3=C(C2)NC(C)=C(C(=O)OC2CCCCC2)[C@H]3c2cc3c(cc2Br)OCO3)cc1. The Morgan fingerprint density at radius 3 is 2.46 bits per heavy atom. The smallest absolute Gasteiger partial charge is 0.337 e. The molecule has 1 fully saturated rings. The molecule has 2 atom stereocenters. The van der Waals surface area contributed by atoms with Crippen LogP contribution < -0.4 is 19.5 Å². The topological polar surface area (TPSA) is 83.1 Å². The molecule has 39 heavy (non-hydrogen) atoms. The van der Waals surface area contributed by atoms with Gasteiger partial charge in [-0.25, -0.2) is 4.79 Å². The maximum absolute atomic E-state index is 14.0. The number of carbonyl (C=O) groups excluding carboxylic acids is 2. The van der Waals surface area contributed by atoms with E-state index in [2.05, 4.69) is 21.2 Å². The summed E-state index contributed by atoms with van der Waals surface area (Å²) in [5.41, 5.74) is 4.55. The number of fused-ring (bicyclic) bond motifs is 1. The van der Waals surface area contributed by atoms with E-state index in [-0.39, 0.29) is 30.6 Å². The van der Waals surface area contributed by atoms with Crippen molar-refractivity contribution < 1.29 is 28.5 Å². The summed E-state index contributed by atoms with van der Waals surface area (Å²) in [7, 11) is 1.64.